The summed E-state index contributed by atoms with van der Waals surface area (Å²) >= 11 is 0. The first-order valence-electron chi connectivity index (χ1n) is 11.6. The molecular formula is C26H29F2N3O2. The van der Waals surface area contributed by atoms with Gasteiger partial charge >= 0.3 is 5.97 Å². The molecule has 3 aromatic rings. The highest BCUT2D eigenvalue weighted by molar-refractivity contribution is 5.88. The third kappa shape index (κ3) is 4.52. The summed E-state index contributed by atoms with van der Waals surface area (Å²) in [5, 5.41) is 10.5. The molecule has 33 heavy (non-hydrogen) atoms. The van der Waals surface area contributed by atoms with Crippen LogP contribution in [0.25, 0.3) is 10.9 Å². The lowest BCUT2D eigenvalue weighted by molar-refractivity contribution is 0.0247. The van der Waals surface area contributed by atoms with E-state index in [4.69, 9.17) is 0 Å². The molecule has 0 amide bonds. The number of nitrogens with zero attached hydrogens (tertiary/aromatic N) is 2. The third-order valence-corrected chi connectivity index (χ3v) is 7.08. The zero-order chi connectivity index (χ0) is 23.1. The molecule has 2 heterocycles. The van der Waals surface area contributed by atoms with E-state index < -0.39 is 12.4 Å². The summed E-state index contributed by atoms with van der Waals surface area (Å²) in [5.74, 6) is -0.364. The van der Waals surface area contributed by atoms with E-state index in [1.54, 1.807) is 12.1 Å². The number of hydrogen-bond donors (Lipinski definition) is 2. The minimum atomic E-state index is -2.37. The number of fused-ring (bicyclic) bond motifs is 1. The van der Waals surface area contributed by atoms with Crippen LogP contribution in [0, 0.1) is 6.92 Å². The van der Waals surface area contributed by atoms with Gasteiger partial charge in [-0.15, -0.1) is 0 Å². The monoisotopic (exact) mass is 453 g/mol. The van der Waals surface area contributed by atoms with Crippen LogP contribution in [-0.2, 0) is 6.54 Å². The molecule has 0 bridgehead atoms. The predicted molar refractivity (Wildman–Crippen MR) is 124 cm³/mol. The molecule has 2 fully saturated rings. The third-order valence-electron chi connectivity index (χ3n) is 7.08. The second-order valence-electron chi connectivity index (χ2n) is 9.37. The van der Waals surface area contributed by atoms with Crippen LogP contribution < -0.4 is 0 Å². The maximum Gasteiger partial charge on any atom is 0.335 e. The molecule has 0 radical (unpaired) electrons. The summed E-state index contributed by atoms with van der Waals surface area (Å²) in [5.41, 5.74) is 6.35. The number of halogens is 2. The Balaban J connectivity index is 1.49. The molecule has 1 aliphatic heterocycles. The molecule has 1 unspecified atom stereocenters. The standard InChI is InChI=1S/C26H29F2N3O2/c1-16-12-21(17-2-3-17)22(20-8-9-29-25(16)20)13-31-11-10-30(15-24(27)28)14-23(31)18-4-6-19(7-5-18)26(32)33/h4-9,12,17,23-24,29H,2-3,10-11,13-15H2,1H3,(H,32,33). The fourth-order valence-electron chi connectivity index (χ4n) is 5.22. The minimum Gasteiger partial charge on any atom is -0.478 e. The van der Waals surface area contributed by atoms with Crippen LogP contribution >= 0.6 is 0 Å². The Morgan fingerprint density at radius 1 is 1.18 bits per heavy atom. The van der Waals surface area contributed by atoms with Crippen LogP contribution in [-0.4, -0.2) is 58.5 Å². The van der Waals surface area contributed by atoms with Crippen molar-refractivity contribution < 1.29 is 18.7 Å². The lowest BCUT2D eigenvalue weighted by Gasteiger charge is -2.42. The van der Waals surface area contributed by atoms with Crippen molar-refractivity contribution in [2.45, 2.75) is 44.7 Å². The summed E-state index contributed by atoms with van der Waals surface area (Å²) < 4.78 is 26.3. The van der Waals surface area contributed by atoms with Crippen LogP contribution in [0.3, 0.4) is 0 Å². The molecule has 1 atom stereocenters. The van der Waals surface area contributed by atoms with Gasteiger partial charge in [-0.1, -0.05) is 18.2 Å². The number of carboxylic acid groups (broad SMARTS) is 1. The van der Waals surface area contributed by atoms with E-state index in [2.05, 4.69) is 28.9 Å². The average Bonchev–Trinajstić information content (AvgIpc) is 3.51. The number of aromatic amines is 1. The quantitative estimate of drug-likeness (QED) is 0.518. The zero-order valence-electron chi connectivity index (χ0n) is 18.7. The van der Waals surface area contributed by atoms with Gasteiger partial charge in [-0.2, -0.15) is 0 Å². The van der Waals surface area contributed by atoms with E-state index in [9.17, 15) is 18.7 Å². The van der Waals surface area contributed by atoms with Gasteiger partial charge in [-0.05, 0) is 66.1 Å². The summed E-state index contributed by atoms with van der Waals surface area (Å²) in [6.07, 6.45) is 2.04. The van der Waals surface area contributed by atoms with E-state index in [0.29, 0.717) is 25.6 Å². The van der Waals surface area contributed by atoms with E-state index in [0.717, 1.165) is 17.6 Å². The number of nitrogens with one attached hydrogen (secondary N) is 1. The summed E-state index contributed by atoms with van der Waals surface area (Å²) in [6.45, 7) is 4.42. The van der Waals surface area contributed by atoms with Crippen molar-refractivity contribution in [3.05, 3.63) is 70.4 Å². The number of carbonyl (C=O) groups is 1. The zero-order valence-corrected chi connectivity index (χ0v) is 18.7. The second kappa shape index (κ2) is 8.88. The number of aromatic nitrogens is 1. The Bertz CT molecular complexity index is 1150. The summed E-state index contributed by atoms with van der Waals surface area (Å²) in [4.78, 5) is 18.9. The molecule has 2 aromatic carbocycles. The molecule has 2 N–H and O–H groups in total. The van der Waals surface area contributed by atoms with Crippen LogP contribution in [0.2, 0.25) is 0 Å². The van der Waals surface area contributed by atoms with Gasteiger partial charge in [-0.25, -0.2) is 13.6 Å². The van der Waals surface area contributed by atoms with Gasteiger partial charge in [0, 0.05) is 49.3 Å². The predicted octanol–water partition coefficient (Wildman–Crippen LogP) is 5.18. The molecule has 2 aliphatic rings. The van der Waals surface area contributed by atoms with Crippen LogP contribution in [0.15, 0.2) is 42.6 Å². The highest BCUT2D eigenvalue weighted by atomic mass is 19.3. The number of H-pyrrole nitrogens is 1. The Morgan fingerprint density at radius 2 is 1.94 bits per heavy atom. The molecule has 7 heteroatoms. The van der Waals surface area contributed by atoms with Gasteiger partial charge in [0.15, 0.2) is 0 Å². The Kier molecular flexibility index (Phi) is 5.93. The lowest BCUT2D eigenvalue weighted by Crippen LogP contribution is -2.49. The number of rotatable bonds is 7. The molecule has 1 saturated heterocycles. The van der Waals surface area contributed by atoms with Gasteiger partial charge < -0.3 is 10.1 Å². The molecule has 5 nitrogen and oxygen atoms in total. The molecule has 1 saturated carbocycles. The van der Waals surface area contributed by atoms with Crippen molar-refractivity contribution in [1.82, 2.24) is 14.8 Å². The Morgan fingerprint density at radius 3 is 2.61 bits per heavy atom. The average molecular weight is 454 g/mol. The number of alkyl halides is 2. The molecule has 174 valence electrons. The minimum absolute atomic E-state index is 0.0808. The first-order chi connectivity index (χ1) is 15.9. The van der Waals surface area contributed by atoms with Crippen molar-refractivity contribution in [1.29, 1.82) is 0 Å². The number of benzene rings is 2. The smallest absolute Gasteiger partial charge is 0.335 e. The first kappa shape index (κ1) is 22.0. The molecule has 1 aromatic heterocycles. The van der Waals surface area contributed by atoms with Gasteiger partial charge in [0.1, 0.15) is 0 Å². The highest BCUT2D eigenvalue weighted by Crippen LogP contribution is 2.45. The van der Waals surface area contributed by atoms with Crippen LogP contribution in [0.4, 0.5) is 8.78 Å². The number of aromatic carboxylic acids is 1. The normalized spacial score (nSPS) is 20.1. The Labute approximate surface area is 192 Å². The van der Waals surface area contributed by atoms with Gasteiger partial charge in [0.05, 0.1) is 12.1 Å². The van der Waals surface area contributed by atoms with Gasteiger partial charge in [0.2, 0.25) is 0 Å². The maximum absolute atomic E-state index is 13.1. The number of hydrogen-bond acceptors (Lipinski definition) is 3. The lowest BCUT2D eigenvalue weighted by atomic mass is 9.94. The van der Waals surface area contributed by atoms with E-state index >= 15 is 0 Å². The van der Waals surface area contributed by atoms with Gasteiger partial charge in [0.25, 0.3) is 6.43 Å². The van der Waals surface area contributed by atoms with Crippen molar-refractivity contribution >= 4 is 16.9 Å². The van der Waals surface area contributed by atoms with Crippen molar-refractivity contribution in [3.8, 4) is 0 Å². The van der Waals surface area contributed by atoms with E-state index in [1.807, 2.05) is 23.2 Å². The Hall–Kier alpha value is -2.77. The number of piperazine rings is 1. The highest BCUT2D eigenvalue weighted by Gasteiger charge is 2.33. The molecular weight excluding hydrogens is 424 g/mol. The van der Waals surface area contributed by atoms with E-state index in [1.165, 1.54) is 34.9 Å². The SMILES string of the molecule is Cc1cc(C2CC2)c(CN2CCN(CC(F)F)CC2c2ccc(C(=O)O)cc2)c2cc[nH]c12. The second-order valence-corrected chi connectivity index (χ2v) is 9.37. The number of aryl methyl sites for hydroxylation is 1. The van der Waals surface area contributed by atoms with Crippen LogP contribution in [0.1, 0.15) is 57.4 Å². The largest absolute Gasteiger partial charge is 0.478 e. The fourth-order valence-corrected chi connectivity index (χ4v) is 5.22. The van der Waals surface area contributed by atoms with Gasteiger partial charge in [-0.3, -0.25) is 9.80 Å². The number of carboxylic acids is 1. The van der Waals surface area contributed by atoms with Crippen molar-refractivity contribution in [3.63, 3.8) is 0 Å². The maximum atomic E-state index is 13.1. The molecule has 5 rings (SSSR count). The van der Waals surface area contributed by atoms with Crippen molar-refractivity contribution in [2.24, 2.45) is 0 Å². The molecule has 1 aliphatic carbocycles. The van der Waals surface area contributed by atoms with Crippen LogP contribution in [0.5, 0.6) is 0 Å². The topological polar surface area (TPSA) is 59.6 Å². The first-order valence-corrected chi connectivity index (χ1v) is 11.6. The fraction of sp³-hybridized carbons (Fsp3) is 0.423. The molecule has 0 spiro atoms. The van der Waals surface area contributed by atoms with E-state index in [-0.39, 0.29) is 18.2 Å². The van der Waals surface area contributed by atoms with Crippen molar-refractivity contribution in [2.75, 3.05) is 26.2 Å². The summed E-state index contributed by atoms with van der Waals surface area (Å²) in [6, 6.07) is 11.2. The summed E-state index contributed by atoms with van der Waals surface area (Å²) in [7, 11) is 0.